The minimum Gasteiger partial charge on any atom is -0.487 e. The normalized spacial score (nSPS) is 21.3. The van der Waals surface area contributed by atoms with Gasteiger partial charge in [0.2, 0.25) is 0 Å². The zero-order chi connectivity index (χ0) is 13.1. The molecule has 0 radical (unpaired) electrons. The van der Waals surface area contributed by atoms with Crippen molar-refractivity contribution in [3.05, 3.63) is 52.8 Å². The van der Waals surface area contributed by atoms with E-state index in [0.717, 1.165) is 11.1 Å². The third kappa shape index (κ3) is 2.36. The monoisotopic (exact) mass is 244 g/mol. The lowest BCUT2D eigenvalue weighted by molar-refractivity contribution is -0.113. The fraction of sp³-hybridized carbons (Fsp3) is 0.267. The minimum atomic E-state index is -0.441. The molecule has 3 nitrogen and oxygen atoms in total. The maximum absolute atomic E-state index is 11.7. The molecule has 0 saturated carbocycles. The number of carbonyl (C=O) groups is 1. The number of carbonyl (C=O) groups excluding carboxylic acids is 1. The van der Waals surface area contributed by atoms with Crippen molar-refractivity contribution in [2.75, 3.05) is 6.61 Å². The first-order valence-corrected chi connectivity index (χ1v) is 5.90. The Kier molecular flexibility index (Phi) is 3.63. The van der Waals surface area contributed by atoms with Crippen LogP contribution in [0.1, 0.15) is 19.4 Å². The highest BCUT2D eigenvalue weighted by molar-refractivity contribution is 6.00. The predicted molar refractivity (Wildman–Crippen MR) is 69.8 cm³/mol. The summed E-state index contributed by atoms with van der Waals surface area (Å²) >= 11 is 0. The molecule has 18 heavy (non-hydrogen) atoms. The van der Waals surface area contributed by atoms with Crippen LogP contribution < -0.4 is 0 Å². The maximum atomic E-state index is 11.7. The second-order valence-corrected chi connectivity index (χ2v) is 4.29. The van der Waals surface area contributed by atoms with Gasteiger partial charge in [0.15, 0.2) is 5.78 Å². The van der Waals surface area contributed by atoms with Crippen molar-refractivity contribution in [1.29, 1.82) is 0 Å². The molecule has 1 unspecified atom stereocenters. The molecular formula is C15H16O3. The van der Waals surface area contributed by atoms with E-state index in [2.05, 4.69) is 0 Å². The first-order valence-electron chi connectivity index (χ1n) is 5.90. The minimum absolute atomic E-state index is 0.0365. The van der Waals surface area contributed by atoms with E-state index < -0.39 is 6.10 Å². The molecule has 1 aromatic carbocycles. The number of hydrogen-bond donors (Lipinski definition) is 1. The number of aliphatic hydroxyl groups is 1. The summed E-state index contributed by atoms with van der Waals surface area (Å²) in [5.41, 5.74) is 2.33. The van der Waals surface area contributed by atoms with Gasteiger partial charge in [-0.1, -0.05) is 30.3 Å². The van der Waals surface area contributed by atoms with Crippen LogP contribution >= 0.6 is 0 Å². The van der Waals surface area contributed by atoms with E-state index in [0.29, 0.717) is 11.3 Å². The summed E-state index contributed by atoms with van der Waals surface area (Å²) in [6.07, 6.45) is 1.46. The largest absolute Gasteiger partial charge is 0.487 e. The fourth-order valence-corrected chi connectivity index (χ4v) is 2.18. The molecule has 3 heteroatoms. The van der Waals surface area contributed by atoms with Gasteiger partial charge in [0.05, 0.1) is 12.2 Å². The maximum Gasteiger partial charge on any atom is 0.163 e. The lowest BCUT2D eigenvalue weighted by Crippen LogP contribution is -2.15. The Balaban J connectivity index is 2.45. The zero-order valence-electron chi connectivity index (χ0n) is 10.5. The van der Waals surface area contributed by atoms with Crippen molar-refractivity contribution >= 4 is 11.9 Å². The summed E-state index contributed by atoms with van der Waals surface area (Å²) in [5, 5.41) is 9.33. The summed E-state index contributed by atoms with van der Waals surface area (Å²) in [5.74, 6) is 0.550. The zero-order valence-corrected chi connectivity index (χ0v) is 10.5. The van der Waals surface area contributed by atoms with Crippen LogP contribution in [0.25, 0.3) is 6.08 Å². The van der Waals surface area contributed by atoms with Gasteiger partial charge in [-0.15, -0.1) is 0 Å². The lowest BCUT2D eigenvalue weighted by atomic mass is 9.97. The van der Waals surface area contributed by atoms with E-state index in [1.54, 1.807) is 6.92 Å². The van der Waals surface area contributed by atoms with Gasteiger partial charge in [-0.25, -0.2) is 0 Å². The topological polar surface area (TPSA) is 46.5 Å². The first-order chi connectivity index (χ1) is 8.63. The van der Waals surface area contributed by atoms with Gasteiger partial charge < -0.3 is 9.84 Å². The van der Waals surface area contributed by atoms with Crippen molar-refractivity contribution in [2.45, 2.75) is 20.0 Å². The summed E-state index contributed by atoms with van der Waals surface area (Å²) in [4.78, 5) is 11.7. The second-order valence-electron chi connectivity index (χ2n) is 4.29. The number of ketones is 1. The molecule has 1 aliphatic heterocycles. The Morgan fingerprint density at radius 3 is 2.61 bits per heavy atom. The molecule has 2 rings (SSSR count). The van der Waals surface area contributed by atoms with Crippen molar-refractivity contribution < 1.29 is 14.6 Å². The van der Waals surface area contributed by atoms with Crippen molar-refractivity contribution in [1.82, 2.24) is 0 Å². The van der Waals surface area contributed by atoms with Crippen LogP contribution in [0.2, 0.25) is 0 Å². The van der Waals surface area contributed by atoms with Crippen LogP contribution in [-0.4, -0.2) is 23.6 Å². The number of benzene rings is 1. The summed E-state index contributed by atoms with van der Waals surface area (Å²) in [7, 11) is 0. The number of rotatable bonds is 3. The number of hydrogen-bond acceptors (Lipinski definition) is 3. The Labute approximate surface area is 106 Å². The molecule has 94 valence electrons. The van der Waals surface area contributed by atoms with E-state index in [9.17, 15) is 9.90 Å². The Hall–Kier alpha value is -1.87. The summed E-state index contributed by atoms with van der Waals surface area (Å²) < 4.78 is 5.51. The highest BCUT2D eigenvalue weighted by atomic mass is 16.5. The smallest absolute Gasteiger partial charge is 0.163 e. The second kappa shape index (κ2) is 5.19. The van der Waals surface area contributed by atoms with Crippen LogP contribution in [0.4, 0.5) is 0 Å². The van der Waals surface area contributed by atoms with Crippen LogP contribution in [0.3, 0.4) is 0 Å². The van der Waals surface area contributed by atoms with Gasteiger partial charge in [0.1, 0.15) is 11.9 Å². The molecule has 0 aliphatic carbocycles. The highest BCUT2D eigenvalue weighted by Crippen LogP contribution is 2.32. The molecule has 0 aromatic heterocycles. The average molecular weight is 244 g/mol. The van der Waals surface area contributed by atoms with Crippen LogP contribution in [0.15, 0.2) is 47.2 Å². The molecule has 1 heterocycles. The van der Waals surface area contributed by atoms with E-state index in [-0.39, 0.29) is 12.4 Å². The predicted octanol–water partition coefficient (Wildman–Crippen LogP) is 2.32. The molecule has 0 bridgehead atoms. The SMILES string of the molecule is CC(=O)C1=C(C)OC(CO)/C1=C\c1ccccc1. The van der Waals surface area contributed by atoms with E-state index in [4.69, 9.17) is 4.74 Å². The molecule has 0 spiro atoms. The van der Waals surface area contributed by atoms with Gasteiger partial charge in [-0.2, -0.15) is 0 Å². The van der Waals surface area contributed by atoms with Gasteiger partial charge in [-0.05, 0) is 25.5 Å². The molecule has 0 fully saturated rings. The Bertz CT molecular complexity index is 512. The lowest BCUT2D eigenvalue weighted by Gasteiger charge is -2.10. The van der Waals surface area contributed by atoms with Crippen LogP contribution in [0, 0.1) is 0 Å². The molecule has 1 atom stereocenters. The van der Waals surface area contributed by atoms with Gasteiger partial charge >= 0.3 is 0 Å². The van der Waals surface area contributed by atoms with Crippen LogP contribution in [-0.2, 0) is 9.53 Å². The van der Waals surface area contributed by atoms with E-state index in [1.165, 1.54) is 6.92 Å². The third-order valence-corrected chi connectivity index (χ3v) is 2.95. The van der Waals surface area contributed by atoms with Crippen molar-refractivity contribution in [3.63, 3.8) is 0 Å². The molecule has 1 aliphatic rings. The van der Waals surface area contributed by atoms with E-state index in [1.807, 2.05) is 36.4 Å². The Morgan fingerprint density at radius 1 is 1.39 bits per heavy atom. The van der Waals surface area contributed by atoms with Crippen molar-refractivity contribution in [3.8, 4) is 0 Å². The third-order valence-electron chi connectivity index (χ3n) is 2.95. The molecule has 1 aromatic rings. The molecular weight excluding hydrogens is 228 g/mol. The van der Waals surface area contributed by atoms with Gasteiger partial charge in [-0.3, -0.25) is 4.79 Å². The summed E-state index contributed by atoms with van der Waals surface area (Å²) in [6.45, 7) is 3.14. The molecule has 0 saturated heterocycles. The van der Waals surface area contributed by atoms with E-state index >= 15 is 0 Å². The highest BCUT2D eigenvalue weighted by Gasteiger charge is 2.30. The van der Waals surface area contributed by atoms with Crippen LogP contribution in [0.5, 0.6) is 0 Å². The van der Waals surface area contributed by atoms with Crippen molar-refractivity contribution in [2.24, 2.45) is 0 Å². The number of Topliss-reactive ketones (excluding diaryl/α,β-unsaturated/α-hetero) is 1. The molecule has 1 N–H and O–H groups in total. The van der Waals surface area contributed by atoms with Gasteiger partial charge in [0, 0.05) is 5.57 Å². The number of aliphatic hydroxyl groups excluding tert-OH is 1. The van der Waals surface area contributed by atoms with Gasteiger partial charge in [0.25, 0.3) is 0 Å². The fourth-order valence-electron chi connectivity index (χ4n) is 2.18. The summed E-state index contributed by atoms with van der Waals surface area (Å²) in [6, 6.07) is 9.70. The number of ether oxygens (including phenoxy) is 1. The Morgan fingerprint density at radius 2 is 2.06 bits per heavy atom. The quantitative estimate of drug-likeness (QED) is 0.887. The first kappa shape index (κ1) is 12.6. The number of allylic oxidation sites excluding steroid dienone is 1. The average Bonchev–Trinajstić information content (AvgIpc) is 2.67. The molecule has 0 amide bonds. The standard InChI is InChI=1S/C15H16O3/c1-10(17)15-11(2)18-14(9-16)13(15)8-12-6-4-3-5-7-12/h3-8,14,16H,9H2,1-2H3/b13-8+.